The third-order valence-electron chi connectivity index (χ3n) is 5.02. The van der Waals surface area contributed by atoms with Gasteiger partial charge in [0.2, 0.25) is 0 Å². The fourth-order valence-electron chi connectivity index (χ4n) is 3.78. The van der Waals surface area contributed by atoms with Crippen LogP contribution in [0.3, 0.4) is 0 Å². The van der Waals surface area contributed by atoms with Gasteiger partial charge in [-0.2, -0.15) is 0 Å². The Bertz CT molecular complexity index is 442. The van der Waals surface area contributed by atoms with Crippen molar-refractivity contribution in [3.63, 3.8) is 0 Å². The maximum atomic E-state index is 6.07. The fraction of sp³-hybridized carbons (Fsp3) is 0.647. The van der Waals surface area contributed by atoms with E-state index in [1.807, 2.05) is 12.1 Å². The van der Waals surface area contributed by atoms with Crippen molar-refractivity contribution < 1.29 is 4.74 Å². The van der Waals surface area contributed by atoms with E-state index in [1.54, 1.807) is 7.11 Å². The molecule has 2 N–H and O–H groups in total. The summed E-state index contributed by atoms with van der Waals surface area (Å²) >= 11 is 0. The standard InChI is InChI=1S/C17H27N3O/c1-21-16-6-4-14(5-7-16)17(12-18)20-11-8-15(13-20)19-9-2-3-10-19/h4-7,15,17H,2-3,8-13,18H2,1H3. The number of methoxy groups -OCH3 is 1. The molecule has 116 valence electrons. The highest BCUT2D eigenvalue weighted by Gasteiger charge is 2.32. The summed E-state index contributed by atoms with van der Waals surface area (Å²) in [6.45, 7) is 5.57. The molecule has 2 heterocycles. The summed E-state index contributed by atoms with van der Waals surface area (Å²) in [5.74, 6) is 0.908. The molecule has 1 aromatic carbocycles. The monoisotopic (exact) mass is 289 g/mol. The molecular formula is C17H27N3O. The Hall–Kier alpha value is -1.10. The van der Waals surface area contributed by atoms with Crippen LogP contribution in [0.1, 0.15) is 30.9 Å². The molecule has 0 aliphatic carbocycles. The van der Waals surface area contributed by atoms with Crippen molar-refractivity contribution in [2.24, 2.45) is 5.73 Å². The topological polar surface area (TPSA) is 41.7 Å². The van der Waals surface area contributed by atoms with Crippen LogP contribution in [0.15, 0.2) is 24.3 Å². The lowest BCUT2D eigenvalue weighted by Crippen LogP contribution is -2.38. The molecule has 0 bridgehead atoms. The van der Waals surface area contributed by atoms with E-state index in [4.69, 9.17) is 10.5 Å². The Morgan fingerprint density at radius 2 is 1.90 bits per heavy atom. The predicted octanol–water partition coefficient (Wildman–Crippen LogP) is 1.87. The van der Waals surface area contributed by atoms with E-state index in [-0.39, 0.29) is 0 Å². The quantitative estimate of drug-likeness (QED) is 0.898. The molecule has 3 rings (SSSR count). The molecule has 2 aliphatic rings. The molecule has 0 saturated carbocycles. The number of nitrogens with two attached hydrogens (primary N) is 1. The van der Waals surface area contributed by atoms with Gasteiger partial charge in [0.05, 0.1) is 7.11 Å². The highest BCUT2D eigenvalue weighted by molar-refractivity contribution is 5.29. The SMILES string of the molecule is COc1ccc(C(CN)N2CCC(N3CCCC3)C2)cc1. The molecule has 21 heavy (non-hydrogen) atoms. The van der Waals surface area contributed by atoms with Gasteiger partial charge in [-0.3, -0.25) is 9.80 Å². The number of hydrogen-bond acceptors (Lipinski definition) is 4. The second-order valence-corrected chi connectivity index (χ2v) is 6.21. The van der Waals surface area contributed by atoms with Gasteiger partial charge in [0, 0.05) is 31.7 Å². The first-order valence-corrected chi connectivity index (χ1v) is 8.14. The summed E-state index contributed by atoms with van der Waals surface area (Å²) in [5, 5.41) is 0. The van der Waals surface area contributed by atoms with Crippen LogP contribution >= 0.6 is 0 Å². The van der Waals surface area contributed by atoms with E-state index in [2.05, 4.69) is 21.9 Å². The van der Waals surface area contributed by atoms with Crippen LogP contribution in [0.5, 0.6) is 5.75 Å². The maximum absolute atomic E-state index is 6.07. The van der Waals surface area contributed by atoms with Gasteiger partial charge in [0.15, 0.2) is 0 Å². The molecular weight excluding hydrogens is 262 g/mol. The van der Waals surface area contributed by atoms with Crippen LogP contribution in [0.4, 0.5) is 0 Å². The number of rotatable bonds is 5. The minimum atomic E-state index is 0.337. The Kier molecular flexibility index (Phi) is 4.78. The zero-order valence-corrected chi connectivity index (χ0v) is 13.0. The number of ether oxygens (including phenoxy) is 1. The van der Waals surface area contributed by atoms with Crippen LogP contribution in [-0.4, -0.2) is 55.7 Å². The van der Waals surface area contributed by atoms with Crippen molar-refractivity contribution in [2.45, 2.75) is 31.3 Å². The first-order valence-electron chi connectivity index (χ1n) is 8.14. The second-order valence-electron chi connectivity index (χ2n) is 6.21. The summed E-state index contributed by atoms with van der Waals surface area (Å²) in [5.41, 5.74) is 7.37. The lowest BCUT2D eigenvalue weighted by Gasteiger charge is -2.29. The zero-order valence-electron chi connectivity index (χ0n) is 13.0. The Morgan fingerprint density at radius 1 is 1.19 bits per heavy atom. The van der Waals surface area contributed by atoms with E-state index in [9.17, 15) is 0 Å². The molecule has 2 saturated heterocycles. The van der Waals surface area contributed by atoms with Crippen LogP contribution < -0.4 is 10.5 Å². The van der Waals surface area contributed by atoms with Crippen molar-refractivity contribution in [1.82, 2.24) is 9.80 Å². The van der Waals surface area contributed by atoms with E-state index in [0.717, 1.165) is 24.9 Å². The largest absolute Gasteiger partial charge is 0.497 e. The summed E-state index contributed by atoms with van der Waals surface area (Å²) in [7, 11) is 1.70. The minimum absolute atomic E-state index is 0.337. The Labute approximate surface area is 127 Å². The van der Waals surface area contributed by atoms with E-state index >= 15 is 0 Å². The lowest BCUT2D eigenvalue weighted by atomic mass is 10.1. The number of likely N-dealkylation sites (tertiary alicyclic amines) is 2. The Balaban J connectivity index is 1.65. The minimum Gasteiger partial charge on any atom is -0.497 e. The van der Waals surface area contributed by atoms with Gasteiger partial charge >= 0.3 is 0 Å². The van der Waals surface area contributed by atoms with E-state index in [0.29, 0.717) is 12.6 Å². The molecule has 2 atom stereocenters. The summed E-state index contributed by atoms with van der Waals surface area (Å²) in [4.78, 5) is 5.23. The predicted molar refractivity (Wildman–Crippen MR) is 85.6 cm³/mol. The third kappa shape index (κ3) is 3.23. The molecule has 0 aromatic heterocycles. The molecule has 0 radical (unpaired) electrons. The maximum Gasteiger partial charge on any atom is 0.118 e. The van der Waals surface area contributed by atoms with Crippen molar-refractivity contribution in [3.05, 3.63) is 29.8 Å². The molecule has 0 amide bonds. The van der Waals surface area contributed by atoms with Crippen molar-refractivity contribution in [1.29, 1.82) is 0 Å². The van der Waals surface area contributed by atoms with E-state index in [1.165, 1.54) is 37.9 Å². The summed E-state index contributed by atoms with van der Waals surface area (Å²) in [6.07, 6.45) is 4.03. The highest BCUT2D eigenvalue weighted by atomic mass is 16.5. The normalized spacial score (nSPS) is 25.3. The van der Waals surface area contributed by atoms with Crippen LogP contribution in [0.25, 0.3) is 0 Å². The smallest absolute Gasteiger partial charge is 0.118 e. The van der Waals surface area contributed by atoms with Gasteiger partial charge in [0.25, 0.3) is 0 Å². The Morgan fingerprint density at radius 3 is 2.52 bits per heavy atom. The van der Waals surface area contributed by atoms with Crippen LogP contribution in [-0.2, 0) is 0 Å². The van der Waals surface area contributed by atoms with E-state index < -0.39 is 0 Å². The van der Waals surface area contributed by atoms with Crippen LogP contribution in [0, 0.1) is 0 Å². The van der Waals surface area contributed by atoms with Gasteiger partial charge in [-0.15, -0.1) is 0 Å². The number of nitrogens with zero attached hydrogens (tertiary/aromatic N) is 2. The second kappa shape index (κ2) is 6.77. The zero-order chi connectivity index (χ0) is 14.7. The molecule has 2 fully saturated rings. The average molecular weight is 289 g/mol. The highest BCUT2D eigenvalue weighted by Crippen LogP contribution is 2.28. The lowest BCUT2D eigenvalue weighted by molar-refractivity contribution is 0.203. The molecule has 4 nitrogen and oxygen atoms in total. The summed E-state index contributed by atoms with van der Waals surface area (Å²) in [6, 6.07) is 9.44. The molecule has 1 aromatic rings. The van der Waals surface area contributed by atoms with Gasteiger partial charge in [-0.1, -0.05) is 12.1 Å². The van der Waals surface area contributed by atoms with Crippen molar-refractivity contribution >= 4 is 0 Å². The summed E-state index contributed by atoms with van der Waals surface area (Å²) < 4.78 is 5.24. The first kappa shape index (κ1) is 14.8. The van der Waals surface area contributed by atoms with Crippen LogP contribution in [0.2, 0.25) is 0 Å². The average Bonchev–Trinajstić information content (AvgIpc) is 3.20. The van der Waals surface area contributed by atoms with Gasteiger partial charge in [-0.25, -0.2) is 0 Å². The van der Waals surface area contributed by atoms with Gasteiger partial charge < -0.3 is 10.5 Å². The molecule has 2 aliphatic heterocycles. The molecule has 2 unspecified atom stereocenters. The van der Waals surface area contributed by atoms with Gasteiger partial charge in [-0.05, 0) is 50.0 Å². The van der Waals surface area contributed by atoms with Crippen molar-refractivity contribution in [2.75, 3.05) is 39.8 Å². The number of benzene rings is 1. The fourth-order valence-corrected chi connectivity index (χ4v) is 3.78. The first-order chi connectivity index (χ1) is 10.3. The third-order valence-corrected chi connectivity index (χ3v) is 5.02. The molecule has 0 spiro atoms. The number of hydrogen-bond donors (Lipinski definition) is 1. The van der Waals surface area contributed by atoms with Gasteiger partial charge in [0.1, 0.15) is 5.75 Å². The molecule has 4 heteroatoms. The van der Waals surface area contributed by atoms with Crippen molar-refractivity contribution in [3.8, 4) is 5.75 Å².